The van der Waals surface area contributed by atoms with Gasteiger partial charge in [0, 0.05) is 94.5 Å². The van der Waals surface area contributed by atoms with Gasteiger partial charge >= 0.3 is 83.6 Å². The molecule has 0 radical (unpaired) electrons. The first-order valence-corrected chi connectivity index (χ1v) is 34.5. The van der Waals surface area contributed by atoms with Crippen LogP contribution in [-0.4, -0.2) is 297 Å². The Morgan fingerprint density at radius 2 is 0.614 bits per heavy atom. The van der Waals surface area contributed by atoms with Gasteiger partial charge in [-0.15, -0.1) is 13.2 Å². The van der Waals surface area contributed by atoms with Crippen LogP contribution in [0.1, 0.15) is 83.1 Å². The quantitative estimate of drug-likeness (QED) is 0.0397. The van der Waals surface area contributed by atoms with Crippen LogP contribution in [0.2, 0.25) is 0 Å². The van der Waals surface area contributed by atoms with Crippen molar-refractivity contribution in [3.8, 4) is 0 Å². The van der Waals surface area contributed by atoms with Gasteiger partial charge in [0.15, 0.2) is 98.4 Å². The molecule has 44 nitrogen and oxygen atoms in total. The first-order chi connectivity index (χ1) is 53.7. The number of nitrogens with zero attached hydrogens (tertiary/aromatic N) is 2. The number of rotatable bonds is 36. The van der Waals surface area contributed by atoms with Gasteiger partial charge < -0.3 is 125 Å². The normalized spacial score (nSPS) is 26.8. The Labute approximate surface area is 649 Å². The van der Waals surface area contributed by atoms with E-state index in [4.69, 9.17) is 94.7 Å². The summed E-state index contributed by atoms with van der Waals surface area (Å²) < 4.78 is 126. The molecule has 4 heterocycles. The molecule has 0 saturated carbocycles. The molecule has 0 unspecified atom stereocenters. The zero-order valence-electron chi connectivity index (χ0n) is 64.3. The Morgan fingerprint density at radius 3 is 0.877 bits per heavy atom. The molecule has 0 spiro atoms. The van der Waals surface area contributed by atoms with Crippen LogP contribution >= 0.6 is 0 Å². The highest BCUT2D eigenvalue weighted by molar-refractivity contribution is 6.04. The lowest BCUT2D eigenvalue weighted by Gasteiger charge is -2.49. The van der Waals surface area contributed by atoms with Crippen LogP contribution in [-0.2, 0) is 191 Å². The van der Waals surface area contributed by atoms with Crippen molar-refractivity contribution in [1.29, 1.82) is 0 Å². The molecule has 4 aliphatic heterocycles. The van der Waals surface area contributed by atoms with Crippen molar-refractivity contribution in [3.63, 3.8) is 0 Å². The summed E-state index contributed by atoms with van der Waals surface area (Å²) in [5.41, 5.74) is -0.834. The van der Waals surface area contributed by atoms with Crippen LogP contribution in [0.4, 0.5) is 11.4 Å². The molecule has 1 aromatic rings. The number of amides is 4. The molecule has 0 aromatic heterocycles. The third-order valence-electron chi connectivity index (χ3n) is 15.8. The van der Waals surface area contributed by atoms with Gasteiger partial charge in [-0.3, -0.25) is 86.3 Å². The molecule has 0 bridgehead atoms. The van der Waals surface area contributed by atoms with E-state index in [-0.39, 0.29) is 0 Å². The topological polar surface area (TPSA) is 541 Å². The lowest BCUT2D eigenvalue weighted by Crippen LogP contribution is -2.68. The van der Waals surface area contributed by atoms with Gasteiger partial charge in [-0.25, -0.2) is 0 Å². The van der Waals surface area contributed by atoms with Crippen molar-refractivity contribution in [2.75, 3.05) is 76.6 Å². The smallest absolute Gasteiger partial charge is 0.325 e. The van der Waals surface area contributed by atoms with E-state index in [9.17, 15) is 76.7 Å². The Hall–Kier alpha value is -11.2. The summed E-state index contributed by atoms with van der Waals surface area (Å²) in [6.07, 6.45) is -39.1. The summed E-state index contributed by atoms with van der Waals surface area (Å²) in [6.45, 7) is 11.5. The van der Waals surface area contributed by atoms with Gasteiger partial charge in [0.2, 0.25) is 11.8 Å². The predicted molar refractivity (Wildman–Crippen MR) is 367 cm³/mol. The van der Waals surface area contributed by atoms with Gasteiger partial charge in [0.25, 0.3) is 11.8 Å². The van der Waals surface area contributed by atoms with E-state index in [1.807, 2.05) is 0 Å². The highest BCUT2D eigenvalue weighted by Crippen LogP contribution is 2.40. The summed E-state index contributed by atoms with van der Waals surface area (Å²) >= 11 is 0. The standard InChI is InChI=1S/C70H90N4O40/c1-17-23-95-67-61(105-39(11)83)57(111-69-63(107-41(13)85)53(101-35(7)79)51(99-33(5)77)45(109-69)29-97-31(3)75)55(103-37(9)81)59(113-67)65(91)73(27-47(87)71-25-49(89)93-15)43-19-21-44(22-20-43)74(28-48(88)72-26-50(90)94-16)66(92)60-56(104-38(10)82)58(62(106-40(12)84)68(114-60)96-24-18-2)112-70-64(108-42(14)86)54(102-36(8)80)52(100-34(6)78)46(110-70)30-98-32(4)76/h17-22,45-46,51-64,67-70H,1-2,23-30H2,3-16H3,(H,71,87)(H,72,88)/t45-,46-,51-,52-,53+,54+,55+,56+,57+,58+,59+,60+,61-,62-,63+,64+,67+,68+,69-,70-/m1/s1. The SMILES string of the molecule is C=CCO[C@H]1O[C@H](C(=O)N(CC(=O)NCC(=O)OC)c2ccc(N(CC(=O)NCC(=O)OC)C(=O)[C@H]3O[C@H](OCC=C)[C@H](OC(C)=O)[C@@H](O[C@H]4O[C@H](COC(C)=O)[C@@H](OC(C)=O)[C@H](OC(C)=O)[C@@H]4OC(C)=O)[C@@H]3OC(C)=O)cc2)[C@@H](OC(C)=O)[C@H](O[C@H]2O[C@H](COC(C)=O)[C@@H](OC(C)=O)[C@H](OC(C)=O)[C@@H]2OC(C)=O)[C@H]1OC(C)=O. The van der Waals surface area contributed by atoms with Crippen LogP contribution in [0.15, 0.2) is 49.6 Å². The molecule has 4 fully saturated rings. The van der Waals surface area contributed by atoms with E-state index in [1.54, 1.807) is 0 Å². The number of esters is 14. The first-order valence-electron chi connectivity index (χ1n) is 34.5. The lowest BCUT2D eigenvalue weighted by atomic mass is 9.95. The van der Waals surface area contributed by atoms with Gasteiger partial charge in [-0.1, -0.05) is 12.2 Å². The number of hydrogen-bond acceptors (Lipinski definition) is 40. The average molecular weight is 1630 g/mol. The second kappa shape index (κ2) is 44.3. The third-order valence-corrected chi connectivity index (χ3v) is 15.8. The van der Waals surface area contributed by atoms with Crippen molar-refractivity contribution in [1.82, 2.24) is 10.6 Å². The molecule has 2 N–H and O–H groups in total. The molecule has 4 amide bonds. The predicted octanol–water partition coefficient (Wildman–Crippen LogP) is -2.55. The van der Waals surface area contributed by atoms with Crippen LogP contribution in [0, 0.1) is 0 Å². The molecule has 114 heavy (non-hydrogen) atoms. The molecule has 1 aromatic carbocycles. The zero-order chi connectivity index (χ0) is 85.1. The number of benzene rings is 1. The Balaban J connectivity index is 1.81. The second-order valence-corrected chi connectivity index (χ2v) is 24.8. The molecule has 4 aliphatic rings. The van der Waals surface area contributed by atoms with Crippen molar-refractivity contribution < 1.29 is 191 Å². The highest BCUT2D eigenvalue weighted by Gasteiger charge is 2.62. The molecule has 44 heteroatoms. The minimum Gasteiger partial charge on any atom is -0.468 e. The van der Waals surface area contributed by atoms with E-state index in [0.29, 0.717) is 9.80 Å². The number of ether oxygens (including phenoxy) is 22. The van der Waals surface area contributed by atoms with Gasteiger partial charge in [-0.2, -0.15) is 0 Å². The number of methoxy groups -OCH3 is 2. The fraction of sp³-hybridized carbons (Fsp3) is 0.600. The van der Waals surface area contributed by atoms with Crippen LogP contribution in [0.5, 0.6) is 0 Å². The summed E-state index contributed by atoms with van der Waals surface area (Å²) in [4.78, 5) is 242. The monoisotopic (exact) mass is 1630 g/mol. The summed E-state index contributed by atoms with van der Waals surface area (Å²) in [7, 11) is 1.97. The maximum atomic E-state index is 16.0. The number of hydrogen-bond donors (Lipinski definition) is 2. The van der Waals surface area contributed by atoms with Crippen molar-refractivity contribution >= 4 is 119 Å². The largest absolute Gasteiger partial charge is 0.468 e. The summed E-state index contributed by atoms with van der Waals surface area (Å²) in [6, 6.07) is 4.07. The fourth-order valence-corrected chi connectivity index (χ4v) is 11.7. The molecular weight excluding hydrogens is 1540 g/mol. The van der Waals surface area contributed by atoms with Crippen molar-refractivity contribution in [3.05, 3.63) is 49.6 Å². The maximum absolute atomic E-state index is 16.0. The molecule has 0 aliphatic carbocycles. The molecular formula is C70H90N4O40. The van der Waals surface area contributed by atoms with Crippen LogP contribution in [0.25, 0.3) is 0 Å². The van der Waals surface area contributed by atoms with E-state index in [0.717, 1.165) is 122 Å². The minimum atomic E-state index is -2.40. The summed E-state index contributed by atoms with van der Waals surface area (Å²) in [5.74, 6) is -20.3. The molecule has 4 saturated heterocycles. The van der Waals surface area contributed by atoms with E-state index >= 15 is 9.59 Å². The van der Waals surface area contributed by atoms with Crippen molar-refractivity contribution in [2.24, 2.45) is 0 Å². The average Bonchev–Trinajstić information content (AvgIpc) is 0.761. The molecule has 630 valence electrons. The Kier molecular flexibility index (Phi) is 36.3. The van der Waals surface area contributed by atoms with Crippen LogP contribution < -0.4 is 20.4 Å². The van der Waals surface area contributed by atoms with Crippen molar-refractivity contribution in [2.45, 2.75) is 206 Å². The first kappa shape index (κ1) is 93.4. The second-order valence-electron chi connectivity index (χ2n) is 24.8. The maximum Gasteiger partial charge on any atom is 0.325 e. The summed E-state index contributed by atoms with van der Waals surface area (Å²) in [5, 5.41) is 4.51. The number of carbonyl (C=O) groups is 18. The Bertz CT molecular complexity index is 3470. The molecule has 5 rings (SSSR count). The number of anilines is 2. The van der Waals surface area contributed by atoms with E-state index in [1.165, 1.54) is 12.2 Å². The van der Waals surface area contributed by atoms with E-state index in [2.05, 4.69) is 33.3 Å². The number of nitrogens with one attached hydrogen (secondary N) is 2. The van der Waals surface area contributed by atoms with E-state index < -0.39 is 294 Å². The highest BCUT2D eigenvalue weighted by atomic mass is 16.8. The van der Waals surface area contributed by atoms with Gasteiger partial charge in [0.05, 0.1) is 27.4 Å². The zero-order valence-corrected chi connectivity index (χ0v) is 64.3. The fourth-order valence-electron chi connectivity index (χ4n) is 11.7. The Morgan fingerprint density at radius 1 is 0.351 bits per heavy atom. The van der Waals surface area contributed by atoms with Gasteiger partial charge in [0.1, 0.15) is 63.8 Å². The van der Waals surface area contributed by atoms with Crippen LogP contribution in [0.3, 0.4) is 0 Å². The third kappa shape index (κ3) is 27.6. The number of carbonyl (C=O) groups excluding carboxylic acids is 18. The minimum absolute atomic E-state index is 0.417. The molecule has 20 atom stereocenters. The lowest BCUT2D eigenvalue weighted by molar-refractivity contribution is -0.356. The van der Waals surface area contributed by atoms with Gasteiger partial charge in [-0.05, 0) is 24.3 Å².